The van der Waals surface area contributed by atoms with Crippen molar-refractivity contribution in [2.24, 2.45) is 0 Å². The Hall–Kier alpha value is -2.34. The van der Waals surface area contributed by atoms with Crippen LogP contribution in [0.3, 0.4) is 0 Å². The fourth-order valence-corrected chi connectivity index (χ4v) is 2.72. The summed E-state index contributed by atoms with van der Waals surface area (Å²) in [5, 5.41) is 2.01. The van der Waals surface area contributed by atoms with Gasteiger partial charge in [-0.25, -0.2) is 18.2 Å². The van der Waals surface area contributed by atoms with E-state index in [2.05, 4.69) is 4.98 Å². The first-order chi connectivity index (χ1) is 10.1. The smallest absolute Gasteiger partial charge is 0.195 e. The van der Waals surface area contributed by atoms with Crippen molar-refractivity contribution in [2.75, 3.05) is 5.73 Å². The lowest BCUT2D eigenvalue weighted by Crippen LogP contribution is -1.93. The molecule has 2 aromatic carbocycles. The lowest BCUT2D eigenvalue weighted by molar-refractivity contribution is 0.449. The molecule has 0 aliphatic rings. The Balaban J connectivity index is 2.03. The molecule has 21 heavy (non-hydrogen) atoms. The minimum Gasteiger partial charge on any atom is -0.399 e. The van der Waals surface area contributed by atoms with E-state index in [-0.39, 0.29) is 5.56 Å². The number of nitrogen functional groups attached to an aromatic ring is 1. The van der Waals surface area contributed by atoms with E-state index in [0.29, 0.717) is 16.4 Å². The Labute approximate surface area is 122 Å². The second-order valence-corrected chi connectivity index (χ2v) is 5.24. The molecule has 2 N–H and O–H groups in total. The van der Waals surface area contributed by atoms with E-state index < -0.39 is 17.5 Å². The number of nitrogens with two attached hydrogens (primary N) is 1. The van der Waals surface area contributed by atoms with Crippen molar-refractivity contribution in [1.82, 2.24) is 4.98 Å². The van der Waals surface area contributed by atoms with Crippen LogP contribution in [-0.2, 0) is 0 Å². The van der Waals surface area contributed by atoms with E-state index in [0.717, 1.165) is 23.0 Å². The molecule has 0 bridgehead atoms. The van der Waals surface area contributed by atoms with Crippen molar-refractivity contribution in [3.05, 3.63) is 59.2 Å². The molecule has 0 amide bonds. The monoisotopic (exact) mass is 306 g/mol. The van der Waals surface area contributed by atoms with Crippen LogP contribution in [0.5, 0.6) is 0 Å². The van der Waals surface area contributed by atoms with Crippen molar-refractivity contribution in [2.45, 2.75) is 0 Å². The van der Waals surface area contributed by atoms with Crippen LogP contribution in [0.15, 0.2) is 41.8 Å². The Morgan fingerprint density at radius 3 is 2.33 bits per heavy atom. The summed E-state index contributed by atoms with van der Waals surface area (Å²) < 4.78 is 40.0. The van der Waals surface area contributed by atoms with Gasteiger partial charge in [0.2, 0.25) is 0 Å². The van der Waals surface area contributed by atoms with Crippen molar-refractivity contribution in [1.29, 1.82) is 0 Å². The molecule has 0 saturated carbocycles. The summed E-state index contributed by atoms with van der Waals surface area (Å²) in [7, 11) is 0. The summed E-state index contributed by atoms with van der Waals surface area (Å²) in [6.07, 6.45) is 0. The number of rotatable bonds is 2. The zero-order chi connectivity index (χ0) is 15.0. The molecular weight excluding hydrogens is 297 g/mol. The number of hydrogen-bond acceptors (Lipinski definition) is 3. The molecule has 3 rings (SSSR count). The average Bonchev–Trinajstić information content (AvgIpc) is 2.95. The van der Waals surface area contributed by atoms with Gasteiger partial charge in [-0.1, -0.05) is 12.1 Å². The molecule has 1 aromatic heterocycles. The van der Waals surface area contributed by atoms with Gasteiger partial charge in [-0.3, -0.25) is 0 Å². The minimum atomic E-state index is -1.49. The number of thiazole rings is 1. The maximum absolute atomic E-state index is 13.7. The second-order valence-electron chi connectivity index (χ2n) is 4.38. The van der Waals surface area contributed by atoms with Gasteiger partial charge < -0.3 is 5.73 Å². The normalized spacial score (nSPS) is 10.8. The SMILES string of the molecule is Nc1ccc(-c2csc(-c3ccc(F)c(F)c3F)n2)cc1. The van der Waals surface area contributed by atoms with Crippen LogP contribution < -0.4 is 5.73 Å². The maximum atomic E-state index is 13.7. The molecule has 0 atom stereocenters. The van der Waals surface area contributed by atoms with Gasteiger partial charge in [0.25, 0.3) is 0 Å². The number of halogens is 3. The molecule has 106 valence electrons. The highest BCUT2D eigenvalue weighted by atomic mass is 32.1. The fourth-order valence-electron chi connectivity index (χ4n) is 1.87. The zero-order valence-electron chi connectivity index (χ0n) is 10.6. The van der Waals surface area contributed by atoms with E-state index in [1.54, 1.807) is 29.6 Å². The van der Waals surface area contributed by atoms with Crippen molar-refractivity contribution in [3.8, 4) is 21.8 Å². The number of hydrogen-bond donors (Lipinski definition) is 1. The predicted molar refractivity (Wildman–Crippen MR) is 77.3 cm³/mol. The van der Waals surface area contributed by atoms with Gasteiger partial charge in [-0.15, -0.1) is 11.3 Å². The standard InChI is InChI=1S/C15H9F3N2S/c16-11-6-5-10(13(17)14(11)18)15-20-12(7-21-15)8-1-3-9(19)4-2-8/h1-7H,19H2. The van der Waals surface area contributed by atoms with Gasteiger partial charge in [-0.05, 0) is 24.3 Å². The topological polar surface area (TPSA) is 38.9 Å². The van der Waals surface area contributed by atoms with Gasteiger partial charge >= 0.3 is 0 Å². The van der Waals surface area contributed by atoms with Crippen LogP contribution in [0, 0.1) is 17.5 Å². The van der Waals surface area contributed by atoms with Gasteiger partial charge in [0.05, 0.1) is 5.69 Å². The number of aromatic nitrogens is 1. The molecule has 1 heterocycles. The van der Waals surface area contributed by atoms with Gasteiger partial charge in [0, 0.05) is 22.2 Å². The summed E-state index contributed by atoms with van der Waals surface area (Å²) in [5.74, 6) is -3.93. The Kier molecular flexibility index (Phi) is 3.39. The van der Waals surface area contributed by atoms with Crippen LogP contribution in [-0.4, -0.2) is 4.98 Å². The lowest BCUT2D eigenvalue weighted by atomic mass is 10.1. The van der Waals surface area contributed by atoms with E-state index in [9.17, 15) is 13.2 Å². The van der Waals surface area contributed by atoms with Crippen LogP contribution >= 0.6 is 11.3 Å². The maximum Gasteiger partial charge on any atom is 0.195 e. The highest BCUT2D eigenvalue weighted by Gasteiger charge is 2.17. The Bertz CT molecular complexity index is 797. The van der Waals surface area contributed by atoms with Crippen LogP contribution in [0.25, 0.3) is 21.8 Å². The summed E-state index contributed by atoms with van der Waals surface area (Å²) in [4.78, 5) is 4.26. The molecular formula is C15H9F3N2S. The van der Waals surface area contributed by atoms with E-state index in [4.69, 9.17) is 5.73 Å². The van der Waals surface area contributed by atoms with Crippen LogP contribution in [0.1, 0.15) is 0 Å². The first-order valence-electron chi connectivity index (χ1n) is 6.01. The average molecular weight is 306 g/mol. The first kappa shape index (κ1) is 13.6. The van der Waals surface area contributed by atoms with Crippen molar-refractivity contribution in [3.63, 3.8) is 0 Å². The van der Waals surface area contributed by atoms with Crippen LogP contribution in [0.2, 0.25) is 0 Å². The second kappa shape index (κ2) is 5.21. The summed E-state index contributed by atoms with van der Waals surface area (Å²) in [5.41, 5.74) is 7.62. The fraction of sp³-hybridized carbons (Fsp3) is 0. The Morgan fingerprint density at radius 1 is 0.905 bits per heavy atom. The minimum absolute atomic E-state index is 0.0550. The highest BCUT2D eigenvalue weighted by Crippen LogP contribution is 2.32. The largest absolute Gasteiger partial charge is 0.399 e. The van der Waals surface area contributed by atoms with E-state index >= 15 is 0 Å². The van der Waals surface area contributed by atoms with Gasteiger partial charge in [-0.2, -0.15) is 0 Å². The van der Waals surface area contributed by atoms with E-state index in [1.165, 1.54) is 6.07 Å². The summed E-state index contributed by atoms with van der Waals surface area (Å²) in [6, 6.07) is 9.10. The summed E-state index contributed by atoms with van der Waals surface area (Å²) in [6.45, 7) is 0. The molecule has 0 spiro atoms. The number of benzene rings is 2. The van der Waals surface area contributed by atoms with Crippen molar-refractivity contribution >= 4 is 17.0 Å². The highest BCUT2D eigenvalue weighted by molar-refractivity contribution is 7.13. The van der Waals surface area contributed by atoms with E-state index in [1.807, 2.05) is 0 Å². The lowest BCUT2D eigenvalue weighted by Gasteiger charge is -2.01. The number of nitrogens with zero attached hydrogens (tertiary/aromatic N) is 1. The summed E-state index contributed by atoms with van der Waals surface area (Å²) >= 11 is 1.16. The third-order valence-corrected chi connectivity index (χ3v) is 3.85. The molecule has 0 aliphatic carbocycles. The first-order valence-corrected chi connectivity index (χ1v) is 6.89. The molecule has 0 aliphatic heterocycles. The molecule has 2 nitrogen and oxygen atoms in total. The molecule has 0 fully saturated rings. The molecule has 3 aromatic rings. The third-order valence-electron chi connectivity index (χ3n) is 2.98. The van der Waals surface area contributed by atoms with Crippen molar-refractivity contribution < 1.29 is 13.2 Å². The molecule has 0 saturated heterocycles. The van der Waals surface area contributed by atoms with Crippen LogP contribution in [0.4, 0.5) is 18.9 Å². The molecule has 0 unspecified atom stereocenters. The third kappa shape index (κ3) is 2.50. The zero-order valence-corrected chi connectivity index (χ0v) is 11.4. The molecule has 6 heteroatoms. The van der Waals surface area contributed by atoms with Gasteiger partial charge in [0.15, 0.2) is 17.5 Å². The quantitative estimate of drug-likeness (QED) is 0.560. The number of anilines is 1. The Morgan fingerprint density at radius 2 is 1.62 bits per heavy atom. The molecule has 0 radical (unpaired) electrons. The van der Waals surface area contributed by atoms with Gasteiger partial charge in [0.1, 0.15) is 5.01 Å². The predicted octanol–water partition coefficient (Wildman–Crippen LogP) is 4.48.